The molecule has 0 saturated carbocycles. The SMILES string of the molecule is CN(CCCCCO)C(=O)N1CC(C(=O)O)C1. The number of unbranched alkanes of at least 4 members (excludes halogenated alkanes) is 2. The van der Waals surface area contributed by atoms with Crippen molar-refractivity contribution in [3.05, 3.63) is 0 Å². The fraction of sp³-hybridized carbons (Fsp3) is 0.818. The molecule has 0 aliphatic carbocycles. The van der Waals surface area contributed by atoms with Crippen LogP contribution in [-0.4, -0.2) is 65.3 Å². The number of hydrogen-bond acceptors (Lipinski definition) is 3. The third-order valence-corrected chi connectivity index (χ3v) is 2.98. The molecule has 6 nitrogen and oxygen atoms in total. The summed E-state index contributed by atoms with van der Waals surface area (Å²) in [4.78, 5) is 25.5. The molecule has 1 aliphatic heterocycles. The molecule has 1 heterocycles. The Bertz CT molecular complexity index is 277. The zero-order valence-corrected chi connectivity index (χ0v) is 10.1. The highest BCUT2D eigenvalue weighted by Gasteiger charge is 2.36. The Morgan fingerprint density at radius 2 is 1.94 bits per heavy atom. The number of amides is 2. The van der Waals surface area contributed by atoms with E-state index >= 15 is 0 Å². The van der Waals surface area contributed by atoms with Crippen molar-refractivity contribution in [2.75, 3.05) is 33.3 Å². The largest absolute Gasteiger partial charge is 0.481 e. The van der Waals surface area contributed by atoms with Crippen molar-refractivity contribution in [2.24, 2.45) is 5.92 Å². The molecule has 0 aromatic rings. The lowest BCUT2D eigenvalue weighted by atomic mass is 10.0. The van der Waals surface area contributed by atoms with E-state index in [0.29, 0.717) is 19.6 Å². The zero-order valence-electron chi connectivity index (χ0n) is 10.1. The van der Waals surface area contributed by atoms with E-state index in [1.807, 2.05) is 0 Å². The fourth-order valence-corrected chi connectivity index (χ4v) is 1.77. The molecule has 0 bridgehead atoms. The molecule has 98 valence electrons. The van der Waals surface area contributed by atoms with Crippen molar-refractivity contribution in [2.45, 2.75) is 19.3 Å². The van der Waals surface area contributed by atoms with E-state index in [1.165, 1.54) is 0 Å². The highest BCUT2D eigenvalue weighted by molar-refractivity contribution is 5.79. The van der Waals surface area contributed by atoms with Gasteiger partial charge < -0.3 is 20.0 Å². The zero-order chi connectivity index (χ0) is 12.8. The summed E-state index contributed by atoms with van der Waals surface area (Å²) in [6.07, 6.45) is 2.51. The van der Waals surface area contributed by atoms with Crippen LogP contribution in [0, 0.1) is 5.92 Å². The average molecular weight is 244 g/mol. The summed E-state index contributed by atoms with van der Waals surface area (Å²) in [6, 6.07) is -0.105. The molecule has 0 radical (unpaired) electrons. The van der Waals surface area contributed by atoms with Crippen LogP contribution in [0.15, 0.2) is 0 Å². The van der Waals surface area contributed by atoms with Crippen LogP contribution in [-0.2, 0) is 4.79 Å². The first kappa shape index (κ1) is 13.8. The van der Waals surface area contributed by atoms with Crippen LogP contribution in [0.4, 0.5) is 4.79 Å². The van der Waals surface area contributed by atoms with Gasteiger partial charge in [-0.1, -0.05) is 0 Å². The summed E-state index contributed by atoms with van der Waals surface area (Å²) in [5.74, 6) is -1.23. The number of aliphatic carboxylic acids is 1. The average Bonchev–Trinajstić information content (AvgIpc) is 2.21. The first-order valence-electron chi connectivity index (χ1n) is 5.90. The van der Waals surface area contributed by atoms with E-state index in [4.69, 9.17) is 10.2 Å². The van der Waals surface area contributed by atoms with Gasteiger partial charge in [-0.05, 0) is 19.3 Å². The Labute approximate surface area is 101 Å². The molecular weight excluding hydrogens is 224 g/mol. The quantitative estimate of drug-likeness (QED) is 0.655. The van der Waals surface area contributed by atoms with Gasteiger partial charge in [0.25, 0.3) is 0 Å². The highest BCUT2D eigenvalue weighted by Crippen LogP contribution is 2.17. The van der Waals surface area contributed by atoms with E-state index in [2.05, 4.69) is 0 Å². The number of urea groups is 1. The molecule has 0 atom stereocenters. The van der Waals surface area contributed by atoms with Crippen molar-refractivity contribution in [1.29, 1.82) is 0 Å². The lowest BCUT2D eigenvalue weighted by Gasteiger charge is -2.39. The van der Waals surface area contributed by atoms with Crippen molar-refractivity contribution in [3.63, 3.8) is 0 Å². The van der Waals surface area contributed by atoms with Gasteiger partial charge in [-0.15, -0.1) is 0 Å². The molecule has 0 aromatic heterocycles. The van der Waals surface area contributed by atoms with E-state index in [-0.39, 0.29) is 12.6 Å². The predicted octanol–water partition coefficient (Wildman–Crippen LogP) is 0.217. The first-order chi connectivity index (χ1) is 8.06. The van der Waals surface area contributed by atoms with Crippen molar-refractivity contribution in [3.8, 4) is 0 Å². The molecule has 0 unspecified atom stereocenters. The van der Waals surface area contributed by atoms with Gasteiger partial charge in [0.05, 0.1) is 5.92 Å². The van der Waals surface area contributed by atoms with Gasteiger partial charge in [0.1, 0.15) is 0 Å². The maximum absolute atomic E-state index is 11.8. The Morgan fingerprint density at radius 1 is 1.29 bits per heavy atom. The summed E-state index contributed by atoms with van der Waals surface area (Å²) in [6.45, 7) is 1.46. The summed E-state index contributed by atoms with van der Waals surface area (Å²) < 4.78 is 0. The minimum Gasteiger partial charge on any atom is -0.481 e. The van der Waals surface area contributed by atoms with E-state index < -0.39 is 11.9 Å². The maximum Gasteiger partial charge on any atom is 0.319 e. The van der Waals surface area contributed by atoms with Gasteiger partial charge in [0.15, 0.2) is 0 Å². The van der Waals surface area contributed by atoms with Crippen LogP contribution in [0.3, 0.4) is 0 Å². The third kappa shape index (κ3) is 3.89. The molecule has 1 rings (SSSR count). The minimum absolute atomic E-state index is 0.105. The molecule has 1 fully saturated rings. The Hall–Kier alpha value is -1.30. The number of rotatable bonds is 6. The molecule has 2 amide bonds. The number of aliphatic hydroxyl groups is 1. The maximum atomic E-state index is 11.8. The second-order valence-corrected chi connectivity index (χ2v) is 4.43. The number of hydrogen-bond donors (Lipinski definition) is 2. The summed E-state index contributed by atoms with van der Waals surface area (Å²) in [5.41, 5.74) is 0. The second kappa shape index (κ2) is 6.44. The van der Waals surface area contributed by atoms with Crippen molar-refractivity contribution < 1.29 is 19.8 Å². The smallest absolute Gasteiger partial charge is 0.319 e. The van der Waals surface area contributed by atoms with Crippen LogP contribution in [0.1, 0.15) is 19.3 Å². The molecule has 1 saturated heterocycles. The minimum atomic E-state index is -0.834. The Kier molecular flexibility index (Phi) is 5.21. The van der Waals surface area contributed by atoms with Gasteiger partial charge in [0, 0.05) is 33.3 Å². The van der Waals surface area contributed by atoms with Crippen LogP contribution in [0.2, 0.25) is 0 Å². The molecule has 6 heteroatoms. The van der Waals surface area contributed by atoms with Gasteiger partial charge in [-0.2, -0.15) is 0 Å². The van der Waals surface area contributed by atoms with Gasteiger partial charge in [0.2, 0.25) is 0 Å². The summed E-state index contributed by atoms with van der Waals surface area (Å²) in [5, 5.41) is 17.3. The topological polar surface area (TPSA) is 81.1 Å². The van der Waals surface area contributed by atoms with Gasteiger partial charge >= 0.3 is 12.0 Å². The van der Waals surface area contributed by atoms with Crippen molar-refractivity contribution in [1.82, 2.24) is 9.80 Å². The van der Waals surface area contributed by atoms with E-state index in [9.17, 15) is 9.59 Å². The lowest BCUT2D eigenvalue weighted by molar-refractivity contribution is -0.146. The molecule has 1 aliphatic rings. The number of likely N-dealkylation sites (tertiary alicyclic amines) is 1. The predicted molar refractivity (Wildman–Crippen MR) is 61.7 cm³/mol. The monoisotopic (exact) mass is 244 g/mol. The highest BCUT2D eigenvalue weighted by atomic mass is 16.4. The van der Waals surface area contributed by atoms with E-state index in [0.717, 1.165) is 19.3 Å². The lowest BCUT2D eigenvalue weighted by Crippen LogP contribution is -2.56. The standard InChI is InChI=1S/C11H20N2O4/c1-12(5-3-2-4-6-14)11(17)13-7-9(8-13)10(15)16/h9,14H,2-8H2,1H3,(H,15,16). The van der Waals surface area contributed by atoms with Gasteiger partial charge in [-0.3, -0.25) is 4.79 Å². The summed E-state index contributed by atoms with van der Waals surface area (Å²) in [7, 11) is 1.72. The molecule has 0 aromatic carbocycles. The number of aliphatic hydroxyl groups excluding tert-OH is 1. The molecule has 0 spiro atoms. The molecule has 2 N–H and O–H groups in total. The Morgan fingerprint density at radius 3 is 2.47 bits per heavy atom. The number of carbonyl (C=O) groups excluding carboxylic acids is 1. The van der Waals surface area contributed by atoms with Crippen LogP contribution >= 0.6 is 0 Å². The normalized spacial score (nSPS) is 15.5. The van der Waals surface area contributed by atoms with Crippen LogP contribution in [0.5, 0.6) is 0 Å². The molecular formula is C11H20N2O4. The number of carboxylic acids is 1. The van der Waals surface area contributed by atoms with E-state index in [1.54, 1.807) is 16.8 Å². The number of nitrogens with zero attached hydrogens (tertiary/aromatic N) is 2. The summed E-state index contributed by atoms with van der Waals surface area (Å²) >= 11 is 0. The Balaban J connectivity index is 2.18. The fourth-order valence-electron chi connectivity index (χ4n) is 1.77. The number of carbonyl (C=O) groups is 2. The number of carboxylic acid groups (broad SMARTS) is 1. The third-order valence-electron chi connectivity index (χ3n) is 2.98. The van der Waals surface area contributed by atoms with Gasteiger partial charge in [-0.25, -0.2) is 4.79 Å². The van der Waals surface area contributed by atoms with Crippen LogP contribution < -0.4 is 0 Å². The van der Waals surface area contributed by atoms with Crippen LogP contribution in [0.25, 0.3) is 0 Å². The van der Waals surface area contributed by atoms with Crippen molar-refractivity contribution >= 4 is 12.0 Å². The first-order valence-corrected chi connectivity index (χ1v) is 5.90. The second-order valence-electron chi connectivity index (χ2n) is 4.43. The molecule has 17 heavy (non-hydrogen) atoms.